The maximum absolute atomic E-state index is 13.4. The molecule has 0 radical (unpaired) electrons. The van der Waals surface area contributed by atoms with E-state index in [4.69, 9.17) is 34.8 Å². The summed E-state index contributed by atoms with van der Waals surface area (Å²) in [5.74, 6) is -1.29. The number of benzene rings is 2. The molecule has 2 nitrogen and oxygen atoms in total. The van der Waals surface area contributed by atoms with Crippen molar-refractivity contribution >= 4 is 62.3 Å². The van der Waals surface area contributed by atoms with Crippen LogP contribution in [-0.2, 0) is 0 Å². The van der Waals surface area contributed by atoms with Crippen LogP contribution in [0.2, 0.25) is 15.1 Å². The lowest BCUT2D eigenvalue weighted by Crippen LogP contribution is -2.13. The smallest absolute Gasteiger partial charge is 0.257 e. The minimum Gasteiger partial charge on any atom is -0.321 e. The molecule has 0 saturated heterocycles. The van der Waals surface area contributed by atoms with Crippen molar-refractivity contribution in [2.24, 2.45) is 0 Å². The lowest BCUT2D eigenvalue weighted by Gasteiger charge is -2.09. The number of nitrogens with one attached hydrogen (secondary N) is 1. The van der Waals surface area contributed by atoms with Gasteiger partial charge in [0.05, 0.1) is 26.3 Å². The Morgan fingerprint density at radius 2 is 1.75 bits per heavy atom. The molecule has 0 spiro atoms. The first-order valence-electron chi connectivity index (χ1n) is 5.29. The number of amides is 1. The van der Waals surface area contributed by atoms with Crippen LogP contribution in [0.4, 0.5) is 10.1 Å². The van der Waals surface area contributed by atoms with Gasteiger partial charge in [-0.15, -0.1) is 0 Å². The Kier molecular flexibility index (Phi) is 4.91. The van der Waals surface area contributed by atoms with Crippen LogP contribution in [0.5, 0.6) is 0 Å². The SMILES string of the molecule is O=C(Nc1ccc(Br)cc1Cl)c1cc(F)c(Cl)cc1Cl. The molecular formula is C13H6BrCl3FNO. The second kappa shape index (κ2) is 6.31. The molecule has 0 heterocycles. The van der Waals surface area contributed by atoms with Crippen LogP contribution in [0.25, 0.3) is 0 Å². The van der Waals surface area contributed by atoms with Crippen molar-refractivity contribution in [1.82, 2.24) is 0 Å². The molecule has 0 aliphatic rings. The summed E-state index contributed by atoms with van der Waals surface area (Å²) >= 11 is 20.7. The molecule has 0 aliphatic heterocycles. The summed E-state index contributed by atoms with van der Waals surface area (Å²) in [5, 5.41) is 2.81. The van der Waals surface area contributed by atoms with Gasteiger partial charge in [-0.1, -0.05) is 50.7 Å². The molecule has 0 bridgehead atoms. The van der Waals surface area contributed by atoms with Gasteiger partial charge in [0.15, 0.2) is 0 Å². The van der Waals surface area contributed by atoms with Gasteiger partial charge in [0, 0.05) is 4.47 Å². The van der Waals surface area contributed by atoms with Gasteiger partial charge in [-0.05, 0) is 30.3 Å². The summed E-state index contributed by atoms with van der Waals surface area (Å²) in [6, 6.07) is 7.11. The summed E-state index contributed by atoms with van der Waals surface area (Å²) in [7, 11) is 0. The van der Waals surface area contributed by atoms with Gasteiger partial charge in [-0.25, -0.2) is 4.39 Å². The molecule has 2 aromatic carbocycles. The van der Waals surface area contributed by atoms with Crippen LogP contribution < -0.4 is 5.32 Å². The highest BCUT2D eigenvalue weighted by Crippen LogP contribution is 2.28. The van der Waals surface area contributed by atoms with E-state index in [-0.39, 0.29) is 15.6 Å². The summed E-state index contributed by atoms with van der Waals surface area (Å²) in [6.45, 7) is 0. The zero-order valence-electron chi connectivity index (χ0n) is 9.68. The van der Waals surface area contributed by atoms with E-state index in [1.807, 2.05) is 0 Å². The molecule has 0 unspecified atom stereocenters. The van der Waals surface area contributed by atoms with E-state index in [9.17, 15) is 9.18 Å². The monoisotopic (exact) mass is 395 g/mol. The Labute approximate surface area is 138 Å². The van der Waals surface area contributed by atoms with Gasteiger partial charge in [0.2, 0.25) is 0 Å². The Morgan fingerprint density at radius 3 is 2.40 bits per heavy atom. The Bertz CT molecular complexity index is 694. The molecule has 104 valence electrons. The van der Waals surface area contributed by atoms with Crippen molar-refractivity contribution in [1.29, 1.82) is 0 Å². The van der Waals surface area contributed by atoms with Gasteiger partial charge in [0.25, 0.3) is 5.91 Å². The lowest BCUT2D eigenvalue weighted by molar-refractivity contribution is 0.102. The largest absolute Gasteiger partial charge is 0.321 e. The standard InChI is InChI=1S/C13H6BrCl3FNO/c14-6-1-2-12(10(17)3-6)19-13(20)7-4-11(18)9(16)5-8(7)15/h1-5H,(H,19,20). The van der Waals surface area contributed by atoms with Gasteiger partial charge in [-0.2, -0.15) is 0 Å². The van der Waals surface area contributed by atoms with E-state index >= 15 is 0 Å². The predicted octanol–water partition coefficient (Wildman–Crippen LogP) is 5.80. The second-order valence-electron chi connectivity index (χ2n) is 3.82. The van der Waals surface area contributed by atoms with Crippen LogP contribution >= 0.6 is 50.7 Å². The molecular weight excluding hydrogens is 391 g/mol. The first-order chi connectivity index (χ1) is 9.38. The number of hydrogen-bond acceptors (Lipinski definition) is 1. The van der Waals surface area contributed by atoms with Crippen LogP contribution in [0.3, 0.4) is 0 Å². The van der Waals surface area contributed by atoms with Gasteiger partial charge < -0.3 is 5.32 Å². The summed E-state index contributed by atoms with van der Waals surface area (Å²) in [6.07, 6.45) is 0. The van der Waals surface area contributed by atoms with Crippen molar-refractivity contribution in [3.63, 3.8) is 0 Å². The fourth-order valence-corrected chi connectivity index (χ4v) is 2.67. The average Bonchev–Trinajstić information content (AvgIpc) is 2.37. The molecule has 20 heavy (non-hydrogen) atoms. The zero-order chi connectivity index (χ0) is 14.9. The molecule has 0 aromatic heterocycles. The third-order valence-electron chi connectivity index (χ3n) is 2.43. The van der Waals surface area contributed by atoms with Gasteiger partial charge in [0.1, 0.15) is 5.82 Å². The number of hydrogen-bond donors (Lipinski definition) is 1. The van der Waals surface area contributed by atoms with E-state index in [2.05, 4.69) is 21.2 Å². The van der Waals surface area contributed by atoms with E-state index < -0.39 is 11.7 Å². The lowest BCUT2D eigenvalue weighted by atomic mass is 10.2. The number of carbonyl (C=O) groups is 1. The van der Waals surface area contributed by atoms with Crippen molar-refractivity contribution in [3.05, 3.63) is 61.3 Å². The topological polar surface area (TPSA) is 29.1 Å². The predicted molar refractivity (Wildman–Crippen MR) is 83.5 cm³/mol. The van der Waals surface area contributed by atoms with E-state index in [1.165, 1.54) is 6.07 Å². The second-order valence-corrected chi connectivity index (χ2v) is 5.96. The molecule has 7 heteroatoms. The Hall–Kier alpha value is -0.810. The minimum atomic E-state index is -0.719. The highest BCUT2D eigenvalue weighted by Gasteiger charge is 2.15. The molecule has 1 N–H and O–H groups in total. The maximum Gasteiger partial charge on any atom is 0.257 e. The highest BCUT2D eigenvalue weighted by molar-refractivity contribution is 9.10. The van der Waals surface area contributed by atoms with Crippen LogP contribution in [0.1, 0.15) is 10.4 Å². The number of halogens is 5. The number of anilines is 1. The fraction of sp³-hybridized carbons (Fsp3) is 0. The van der Waals surface area contributed by atoms with E-state index in [0.717, 1.165) is 10.5 Å². The van der Waals surface area contributed by atoms with Crippen LogP contribution in [0, 0.1) is 5.82 Å². The van der Waals surface area contributed by atoms with Crippen LogP contribution in [0.15, 0.2) is 34.8 Å². The summed E-state index contributed by atoms with van der Waals surface area (Å²) in [5.41, 5.74) is 0.374. The molecule has 0 fully saturated rings. The summed E-state index contributed by atoms with van der Waals surface area (Å²) < 4.78 is 14.2. The van der Waals surface area contributed by atoms with E-state index in [0.29, 0.717) is 10.7 Å². The first kappa shape index (κ1) is 15.6. The Morgan fingerprint density at radius 1 is 1.05 bits per heavy atom. The molecule has 0 aliphatic carbocycles. The normalized spacial score (nSPS) is 10.4. The minimum absolute atomic E-state index is 0.0208. The average molecular weight is 397 g/mol. The molecule has 2 aromatic rings. The molecule has 0 atom stereocenters. The highest BCUT2D eigenvalue weighted by atomic mass is 79.9. The van der Waals surface area contributed by atoms with Crippen molar-refractivity contribution in [3.8, 4) is 0 Å². The molecule has 2 rings (SSSR count). The fourth-order valence-electron chi connectivity index (χ4n) is 1.48. The van der Waals surface area contributed by atoms with Crippen LogP contribution in [-0.4, -0.2) is 5.91 Å². The van der Waals surface area contributed by atoms with E-state index in [1.54, 1.807) is 18.2 Å². The summed E-state index contributed by atoms with van der Waals surface area (Å²) in [4.78, 5) is 12.1. The third-order valence-corrected chi connectivity index (χ3v) is 3.84. The van der Waals surface area contributed by atoms with Gasteiger partial charge in [-0.3, -0.25) is 4.79 Å². The Balaban J connectivity index is 2.31. The molecule has 0 saturated carbocycles. The maximum atomic E-state index is 13.4. The van der Waals surface area contributed by atoms with Crippen molar-refractivity contribution < 1.29 is 9.18 Å². The zero-order valence-corrected chi connectivity index (χ0v) is 13.5. The quantitative estimate of drug-likeness (QED) is 0.638. The first-order valence-corrected chi connectivity index (χ1v) is 7.22. The number of rotatable bonds is 2. The van der Waals surface area contributed by atoms with Gasteiger partial charge >= 0.3 is 0 Å². The van der Waals surface area contributed by atoms with Crippen molar-refractivity contribution in [2.45, 2.75) is 0 Å². The number of carbonyl (C=O) groups excluding carboxylic acids is 1. The molecule has 1 amide bonds. The van der Waals surface area contributed by atoms with Crippen molar-refractivity contribution in [2.75, 3.05) is 5.32 Å². The third kappa shape index (κ3) is 3.44.